The summed E-state index contributed by atoms with van der Waals surface area (Å²) in [7, 11) is -2.25. The number of nitrogens with one attached hydrogen (secondary N) is 1. The maximum Gasteiger partial charge on any atom is 0.282 e. The van der Waals surface area contributed by atoms with Gasteiger partial charge in [-0.3, -0.25) is 4.72 Å². The molecule has 0 radical (unpaired) electrons. The minimum atomic E-state index is -3.80. The minimum absolute atomic E-state index is 0.0536. The molecule has 3 N–H and O–H groups in total. The molecule has 9 heteroatoms. The van der Waals surface area contributed by atoms with Gasteiger partial charge in [-0.1, -0.05) is 0 Å². The van der Waals surface area contributed by atoms with E-state index in [-0.39, 0.29) is 16.7 Å². The van der Waals surface area contributed by atoms with Gasteiger partial charge in [0.15, 0.2) is 10.8 Å². The second kappa shape index (κ2) is 4.58. The maximum absolute atomic E-state index is 12.1. The lowest BCUT2D eigenvalue weighted by Crippen LogP contribution is -2.18. The molecule has 2 aromatic heterocycles. The Bertz CT molecular complexity index is 645. The monoisotopic (exact) mass is 331 g/mol. The van der Waals surface area contributed by atoms with E-state index in [0.29, 0.717) is 0 Å². The fraction of sp³-hybridized carbons (Fsp3) is 0.111. The number of sulfonamides is 1. The quantitative estimate of drug-likeness (QED) is 0.871. The molecule has 0 atom stereocenters. The zero-order valence-corrected chi connectivity index (χ0v) is 11.7. The van der Waals surface area contributed by atoms with Gasteiger partial charge >= 0.3 is 0 Å². The Hall–Kier alpha value is -1.61. The van der Waals surface area contributed by atoms with Crippen LogP contribution >= 0.6 is 15.9 Å². The van der Waals surface area contributed by atoms with Crippen molar-refractivity contribution in [1.82, 2.24) is 14.5 Å². The van der Waals surface area contributed by atoms with E-state index in [2.05, 4.69) is 30.6 Å². The van der Waals surface area contributed by atoms with Crippen molar-refractivity contribution in [2.45, 2.75) is 5.03 Å². The lowest BCUT2D eigenvalue weighted by molar-refractivity contribution is 0.591. The Morgan fingerprint density at radius 3 is 2.61 bits per heavy atom. The smallest absolute Gasteiger partial charge is 0.282 e. The average molecular weight is 332 g/mol. The highest BCUT2D eigenvalue weighted by Gasteiger charge is 2.22. The molecule has 96 valence electrons. The van der Waals surface area contributed by atoms with Gasteiger partial charge in [-0.15, -0.1) is 0 Å². The highest BCUT2D eigenvalue weighted by Crippen LogP contribution is 2.19. The number of hydrogen-bond acceptors (Lipinski definition) is 5. The number of pyridine rings is 1. The number of imidazole rings is 1. The van der Waals surface area contributed by atoms with Gasteiger partial charge in [0, 0.05) is 17.7 Å². The Balaban J connectivity index is 2.36. The van der Waals surface area contributed by atoms with Crippen molar-refractivity contribution < 1.29 is 8.42 Å². The second-order valence-corrected chi connectivity index (χ2v) is 6.03. The molecule has 0 saturated carbocycles. The third-order valence-electron chi connectivity index (χ3n) is 2.13. The summed E-state index contributed by atoms with van der Waals surface area (Å²) in [5, 5.41) is -0.0905. The lowest BCUT2D eigenvalue weighted by atomic mass is 10.5. The molecular formula is C9H10BrN5O2S. The van der Waals surface area contributed by atoms with Crippen LogP contribution < -0.4 is 10.5 Å². The number of halogens is 1. The first-order valence-corrected chi connectivity index (χ1v) is 7.09. The average Bonchev–Trinajstić information content (AvgIpc) is 2.62. The van der Waals surface area contributed by atoms with Crippen LogP contribution in [-0.2, 0) is 17.1 Å². The van der Waals surface area contributed by atoms with Gasteiger partial charge in [0.05, 0.1) is 6.33 Å². The predicted octanol–water partition coefficient (Wildman–Crippen LogP) is 0.961. The SMILES string of the molecule is Cn1cnc(N)c1S(=O)(=O)Nc1ccc(Br)cn1. The van der Waals surface area contributed by atoms with E-state index in [4.69, 9.17) is 5.73 Å². The first-order valence-electron chi connectivity index (χ1n) is 4.81. The zero-order chi connectivity index (χ0) is 13.3. The summed E-state index contributed by atoms with van der Waals surface area (Å²) in [5.41, 5.74) is 5.53. The molecule has 0 unspecified atom stereocenters. The molecule has 0 aliphatic carbocycles. The molecule has 0 aromatic carbocycles. The minimum Gasteiger partial charge on any atom is -0.381 e. The van der Waals surface area contributed by atoms with Crippen molar-refractivity contribution in [2.24, 2.45) is 7.05 Å². The number of nitrogens with two attached hydrogens (primary N) is 1. The van der Waals surface area contributed by atoms with E-state index in [1.54, 1.807) is 13.1 Å². The highest BCUT2D eigenvalue weighted by atomic mass is 79.9. The van der Waals surface area contributed by atoms with Crippen LogP contribution in [0.3, 0.4) is 0 Å². The van der Waals surface area contributed by atoms with Gasteiger partial charge in [0.1, 0.15) is 5.82 Å². The standard InChI is InChI=1S/C9H10BrN5O2S/c1-15-5-13-8(11)9(15)18(16,17)14-7-3-2-6(10)4-12-7/h2-5H,11H2,1H3,(H,12,14). The number of rotatable bonds is 3. The van der Waals surface area contributed by atoms with Gasteiger partial charge < -0.3 is 10.3 Å². The summed E-state index contributed by atoms with van der Waals surface area (Å²) in [6.45, 7) is 0. The molecular weight excluding hydrogens is 322 g/mol. The van der Waals surface area contributed by atoms with Crippen molar-refractivity contribution in [2.75, 3.05) is 10.5 Å². The van der Waals surface area contributed by atoms with Gasteiger partial charge in [-0.25, -0.2) is 9.97 Å². The molecule has 2 rings (SSSR count). The molecule has 2 heterocycles. The first-order chi connectivity index (χ1) is 8.40. The van der Waals surface area contributed by atoms with E-state index in [1.807, 2.05) is 0 Å². The summed E-state index contributed by atoms with van der Waals surface area (Å²) >= 11 is 3.21. The highest BCUT2D eigenvalue weighted by molar-refractivity contribution is 9.10. The van der Waals surface area contributed by atoms with Crippen molar-refractivity contribution in [1.29, 1.82) is 0 Å². The fourth-order valence-corrected chi connectivity index (χ4v) is 2.87. The molecule has 0 bridgehead atoms. The molecule has 0 aliphatic rings. The van der Waals surface area contributed by atoms with E-state index >= 15 is 0 Å². The summed E-state index contributed by atoms with van der Waals surface area (Å²) in [5.74, 6) is 0.154. The molecule has 0 saturated heterocycles. The fourth-order valence-electron chi connectivity index (χ4n) is 1.39. The summed E-state index contributed by atoms with van der Waals surface area (Å²) in [6.07, 6.45) is 2.82. The summed E-state index contributed by atoms with van der Waals surface area (Å²) in [4.78, 5) is 7.66. The molecule has 0 fully saturated rings. The Labute approximate surface area is 112 Å². The summed E-state index contributed by atoms with van der Waals surface area (Å²) < 4.78 is 28.6. The molecule has 0 spiro atoms. The zero-order valence-electron chi connectivity index (χ0n) is 9.33. The molecule has 7 nitrogen and oxygen atoms in total. The number of hydrogen-bond donors (Lipinski definition) is 2. The van der Waals surface area contributed by atoms with Crippen LogP contribution in [0.15, 0.2) is 34.2 Å². The van der Waals surface area contributed by atoms with Crippen LogP contribution in [-0.4, -0.2) is 23.0 Å². The number of anilines is 2. The molecule has 0 aliphatic heterocycles. The van der Waals surface area contributed by atoms with E-state index in [9.17, 15) is 8.42 Å². The van der Waals surface area contributed by atoms with Crippen LogP contribution in [0.25, 0.3) is 0 Å². The van der Waals surface area contributed by atoms with E-state index in [1.165, 1.54) is 23.2 Å². The molecule has 2 aromatic rings. The third-order valence-corrected chi connectivity index (χ3v) is 4.08. The van der Waals surface area contributed by atoms with Crippen molar-refractivity contribution in [3.8, 4) is 0 Å². The topological polar surface area (TPSA) is 103 Å². The van der Waals surface area contributed by atoms with Crippen molar-refractivity contribution in [3.63, 3.8) is 0 Å². The Morgan fingerprint density at radius 1 is 1.39 bits per heavy atom. The lowest BCUT2D eigenvalue weighted by Gasteiger charge is -2.08. The van der Waals surface area contributed by atoms with Gasteiger partial charge in [0.2, 0.25) is 0 Å². The van der Waals surface area contributed by atoms with Crippen molar-refractivity contribution in [3.05, 3.63) is 29.1 Å². The third kappa shape index (κ3) is 2.46. The van der Waals surface area contributed by atoms with E-state index < -0.39 is 10.0 Å². The number of aryl methyl sites for hydroxylation is 1. The number of aromatic nitrogens is 3. The molecule has 0 amide bonds. The van der Waals surface area contributed by atoms with Crippen molar-refractivity contribution >= 4 is 37.6 Å². The van der Waals surface area contributed by atoms with Gasteiger partial charge in [-0.2, -0.15) is 8.42 Å². The number of nitrogens with zero attached hydrogens (tertiary/aromatic N) is 3. The summed E-state index contributed by atoms with van der Waals surface area (Å²) in [6, 6.07) is 3.21. The van der Waals surface area contributed by atoms with Crippen LogP contribution in [0.1, 0.15) is 0 Å². The molecule has 18 heavy (non-hydrogen) atoms. The normalized spacial score (nSPS) is 11.4. The maximum atomic E-state index is 12.1. The largest absolute Gasteiger partial charge is 0.381 e. The Kier molecular flexibility index (Phi) is 3.26. The Morgan fingerprint density at radius 2 is 2.11 bits per heavy atom. The van der Waals surface area contributed by atoms with E-state index in [0.717, 1.165) is 4.47 Å². The predicted molar refractivity (Wildman–Crippen MR) is 70.4 cm³/mol. The van der Waals surface area contributed by atoms with Crippen LogP contribution in [0.4, 0.5) is 11.6 Å². The van der Waals surface area contributed by atoms with Crippen LogP contribution in [0, 0.1) is 0 Å². The second-order valence-electron chi connectivity index (χ2n) is 3.51. The van der Waals surface area contributed by atoms with Crippen LogP contribution in [0.2, 0.25) is 0 Å². The number of nitrogen functional groups attached to an aromatic ring is 1. The van der Waals surface area contributed by atoms with Crippen LogP contribution in [0.5, 0.6) is 0 Å². The van der Waals surface area contributed by atoms with Gasteiger partial charge in [0.25, 0.3) is 10.0 Å². The first kappa shape index (κ1) is 12.8. The van der Waals surface area contributed by atoms with Gasteiger partial charge in [-0.05, 0) is 28.1 Å².